The molecule has 4 aromatic rings. The monoisotopic (exact) mass is 548 g/mol. The fraction of sp³-hybridized carbons (Fsp3) is 0.250. The molecule has 0 unspecified atom stereocenters. The summed E-state index contributed by atoms with van der Waals surface area (Å²) >= 11 is 0. The fourth-order valence-electron chi connectivity index (χ4n) is 5.19. The van der Waals surface area contributed by atoms with Crippen LogP contribution in [-0.2, 0) is 12.8 Å². The molecular formula is C32H32N6O3. The van der Waals surface area contributed by atoms with Gasteiger partial charge in [-0.15, -0.1) is 0 Å². The first-order valence-corrected chi connectivity index (χ1v) is 13.8. The minimum absolute atomic E-state index is 0.192. The summed E-state index contributed by atoms with van der Waals surface area (Å²) in [6.45, 7) is 1.64. The van der Waals surface area contributed by atoms with Crippen LogP contribution in [-0.4, -0.2) is 53.5 Å². The Morgan fingerprint density at radius 1 is 1.00 bits per heavy atom. The van der Waals surface area contributed by atoms with Gasteiger partial charge in [-0.1, -0.05) is 30.3 Å². The molecule has 0 spiro atoms. The molecule has 9 nitrogen and oxygen atoms in total. The van der Waals surface area contributed by atoms with Crippen molar-refractivity contribution in [2.24, 2.45) is 4.99 Å². The van der Waals surface area contributed by atoms with Gasteiger partial charge in [0.15, 0.2) is 5.82 Å². The highest BCUT2D eigenvalue weighted by Crippen LogP contribution is 2.34. The zero-order valence-corrected chi connectivity index (χ0v) is 22.9. The third kappa shape index (κ3) is 6.05. The smallest absolute Gasteiger partial charge is 0.255 e. The van der Waals surface area contributed by atoms with Crippen molar-refractivity contribution in [2.75, 3.05) is 35.7 Å². The standard InChI is InChI=1S/C32H32N6O3/c1-41-28-20-25(38-16-13-26(39)14-17-38)11-10-21(28)19-29-36-27-12-15-33-30(27)31(37-29)34-24-9-5-6-22(18-24)32(40)35-23-7-3-2-4-8-23/h2-11,15,18,20,26,39H,12-14,16-17,19H2,1H3,(H,35,40)(H,34,36,37). The van der Waals surface area contributed by atoms with Gasteiger partial charge in [-0.25, -0.2) is 9.97 Å². The number of para-hydroxylation sites is 1. The van der Waals surface area contributed by atoms with Gasteiger partial charge in [0.2, 0.25) is 0 Å². The number of methoxy groups -OCH3 is 1. The molecule has 3 N–H and O–H groups in total. The number of amides is 1. The molecule has 0 bridgehead atoms. The van der Waals surface area contributed by atoms with E-state index in [1.807, 2.05) is 48.7 Å². The SMILES string of the molecule is COc1cc(N2CCC(O)CC2)ccc1Cc1nc2c(c(Nc3cccc(C(=O)Nc4ccccc4)c3)n1)N=CC2. The van der Waals surface area contributed by atoms with E-state index in [4.69, 9.17) is 14.7 Å². The summed E-state index contributed by atoms with van der Waals surface area (Å²) < 4.78 is 5.76. The number of carbonyl (C=O) groups excluding carboxylic acids is 1. The third-order valence-electron chi connectivity index (χ3n) is 7.38. The minimum atomic E-state index is -0.218. The average molecular weight is 549 g/mol. The number of ether oxygens (including phenoxy) is 1. The first-order valence-electron chi connectivity index (χ1n) is 13.8. The molecule has 6 rings (SSSR count). The van der Waals surface area contributed by atoms with Crippen molar-refractivity contribution in [1.82, 2.24) is 9.97 Å². The molecule has 0 saturated carbocycles. The van der Waals surface area contributed by atoms with Crippen LogP contribution in [0.25, 0.3) is 0 Å². The van der Waals surface area contributed by atoms with Crippen molar-refractivity contribution >= 4 is 40.7 Å². The number of aromatic nitrogens is 2. The molecule has 3 aromatic carbocycles. The lowest BCUT2D eigenvalue weighted by atomic mass is 10.1. The Morgan fingerprint density at radius 3 is 2.61 bits per heavy atom. The third-order valence-corrected chi connectivity index (χ3v) is 7.38. The number of piperidine rings is 1. The van der Waals surface area contributed by atoms with E-state index < -0.39 is 0 Å². The highest BCUT2D eigenvalue weighted by Gasteiger charge is 2.21. The number of rotatable bonds is 8. The lowest BCUT2D eigenvalue weighted by Gasteiger charge is -2.31. The van der Waals surface area contributed by atoms with E-state index in [-0.39, 0.29) is 12.0 Å². The van der Waals surface area contributed by atoms with Crippen LogP contribution in [0, 0.1) is 0 Å². The number of carbonyl (C=O) groups is 1. The summed E-state index contributed by atoms with van der Waals surface area (Å²) in [5.74, 6) is 1.84. The van der Waals surface area contributed by atoms with Gasteiger partial charge in [0, 0.05) is 66.4 Å². The average Bonchev–Trinajstić information content (AvgIpc) is 3.48. The minimum Gasteiger partial charge on any atom is -0.496 e. The van der Waals surface area contributed by atoms with Crippen molar-refractivity contribution in [2.45, 2.75) is 31.8 Å². The van der Waals surface area contributed by atoms with E-state index in [2.05, 4.69) is 38.7 Å². The van der Waals surface area contributed by atoms with Gasteiger partial charge < -0.3 is 25.4 Å². The van der Waals surface area contributed by atoms with Crippen molar-refractivity contribution < 1.29 is 14.6 Å². The number of benzene rings is 3. The number of anilines is 4. The van der Waals surface area contributed by atoms with E-state index in [1.54, 1.807) is 19.2 Å². The molecule has 1 fully saturated rings. The van der Waals surface area contributed by atoms with Crippen molar-refractivity contribution in [1.29, 1.82) is 0 Å². The van der Waals surface area contributed by atoms with Crippen LogP contribution >= 0.6 is 0 Å². The van der Waals surface area contributed by atoms with Crippen LogP contribution in [0.2, 0.25) is 0 Å². The van der Waals surface area contributed by atoms with Gasteiger partial charge in [-0.05, 0) is 49.2 Å². The summed E-state index contributed by atoms with van der Waals surface area (Å²) in [5, 5.41) is 16.2. The van der Waals surface area contributed by atoms with Crippen LogP contribution in [0.3, 0.4) is 0 Å². The van der Waals surface area contributed by atoms with Gasteiger partial charge in [0.05, 0.1) is 18.9 Å². The molecule has 2 aliphatic heterocycles. The molecule has 2 aliphatic rings. The predicted octanol–water partition coefficient (Wildman–Crippen LogP) is 5.29. The number of fused-ring (bicyclic) bond motifs is 1. The summed E-state index contributed by atoms with van der Waals surface area (Å²) in [5.41, 5.74) is 5.63. The van der Waals surface area contributed by atoms with Gasteiger partial charge in [-0.2, -0.15) is 0 Å². The Balaban J connectivity index is 1.22. The van der Waals surface area contributed by atoms with Crippen LogP contribution in [0.5, 0.6) is 5.75 Å². The van der Waals surface area contributed by atoms with E-state index in [0.717, 1.165) is 60.0 Å². The summed E-state index contributed by atoms with van der Waals surface area (Å²) in [6.07, 6.45) is 4.28. The lowest BCUT2D eigenvalue weighted by molar-refractivity contribution is 0.102. The zero-order chi connectivity index (χ0) is 28.2. The van der Waals surface area contributed by atoms with Crippen LogP contribution in [0.15, 0.2) is 77.8 Å². The Bertz CT molecular complexity index is 1580. The maximum atomic E-state index is 12.8. The number of nitrogens with zero attached hydrogens (tertiary/aromatic N) is 4. The predicted molar refractivity (Wildman–Crippen MR) is 161 cm³/mol. The van der Waals surface area contributed by atoms with Crippen LogP contribution in [0.4, 0.5) is 28.6 Å². The molecule has 1 saturated heterocycles. The molecular weight excluding hydrogens is 516 g/mol. The Labute approximate surface area is 239 Å². The molecule has 3 heterocycles. The maximum absolute atomic E-state index is 12.8. The Hall–Kier alpha value is -4.76. The molecule has 0 radical (unpaired) electrons. The summed E-state index contributed by atoms with van der Waals surface area (Å²) in [4.78, 5) is 29.3. The quantitative estimate of drug-likeness (QED) is 0.274. The first-order chi connectivity index (χ1) is 20.1. The van der Waals surface area contributed by atoms with Gasteiger partial charge in [0.1, 0.15) is 17.3 Å². The highest BCUT2D eigenvalue weighted by atomic mass is 16.5. The first kappa shape index (κ1) is 26.5. The zero-order valence-electron chi connectivity index (χ0n) is 22.9. The van der Waals surface area contributed by atoms with Gasteiger partial charge in [0.25, 0.3) is 5.91 Å². The Morgan fingerprint density at radius 2 is 1.80 bits per heavy atom. The number of nitrogens with one attached hydrogen (secondary N) is 2. The number of aliphatic hydroxyl groups excluding tert-OH is 1. The molecule has 1 amide bonds. The lowest BCUT2D eigenvalue weighted by Crippen LogP contribution is -2.35. The number of hydrogen-bond acceptors (Lipinski definition) is 8. The number of aliphatic hydroxyl groups is 1. The summed E-state index contributed by atoms with van der Waals surface area (Å²) in [7, 11) is 1.67. The van der Waals surface area contributed by atoms with E-state index in [9.17, 15) is 9.90 Å². The van der Waals surface area contributed by atoms with Gasteiger partial charge in [-0.3, -0.25) is 9.79 Å². The van der Waals surface area contributed by atoms with Crippen LogP contribution < -0.4 is 20.3 Å². The maximum Gasteiger partial charge on any atom is 0.255 e. The molecule has 41 heavy (non-hydrogen) atoms. The fourth-order valence-corrected chi connectivity index (χ4v) is 5.19. The van der Waals surface area contributed by atoms with E-state index in [0.29, 0.717) is 35.7 Å². The van der Waals surface area contributed by atoms with Crippen LogP contribution in [0.1, 0.15) is 40.3 Å². The highest BCUT2D eigenvalue weighted by molar-refractivity contribution is 6.04. The second-order valence-electron chi connectivity index (χ2n) is 10.2. The Kier molecular flexibility index (Phi) is 7.60. The van der Waals surface area contributed by atoms with E-state index >= 15 is 0 Å². The molecule has 208 valence electrons. The van der Waals surface area contributed by atoms with Gasteiger partial charge >= 0.3 is 0 Å². The molecule has 0 atom stereocenters. The number of aliphatic imine (C=N–C) groups is 1. The second-order valence-corrected chi connectivity index (χ2v) is 10.2. The van der Waals surface area contributed by atoms with E-state index in [1.165, 1.54) is 0 Å². The number of hydrogen-bond donors (Lipinski definition) is 3. The summed E-state index contributed by atoms with van der Waals surface area (Å²) in [6, 6.07) is 22.9. The molecule has 0 aliphatic carbocycles. The molecule has 9 heteroatoms. The second kappa shape index (κ2) is 11.8. The van der Waals surface area contributed by atoms with Crippen molar-refractivity contribution in [3.05, 3.63) is 95.4 Å². The topological polar surface area (TPSA) is 112 Å². The normalized spacial score (nSPS) is 14.5. The van der Waals surface area contributed by atoms with Crippen molar-refractivity contribution in [3.63, 3.8) is 0 Å². The van der Waals surface area contributed by atoms with Crippen molar-refractivity contribution in [3.8, 4) is 5.75 Å². The largest absolute Gasteiger partial charge is 0.496 e. The molecule has 1 aromatic heterocycles.